The minimum atomic E-state index is -3.31. The van der Waals surface area contributed by atoms with Crippen LogP contribution in [-0.4, -0.2) is 29.7 Å². The molecule has 0 saturated carbocycles. The van der Waals surface area contributed by atoms with Crippen LogP contribution in [0.2, 0.25) is 0 Å². The van der Waals surface area contributed by atoms with Crippen LogP contribution in [0.25, 0.3) is 0 Å². The van der Waals surface area contributed by atoms with Gasteiger partial charge in [-0.3, -0.25) is 0 Å². The Balaban J connectivity index is 1.83. The highest BCUT2D eigenvalue weighted by molar-refractivity contribution is 7.90. The first-order valence-corrected chi connectivity index (χ1v) is 9.47. The maximum Gasteiger partial charge on any atom is 0.229 e. The molecule has 0 amide bonds. The lowest BCUT2D eigenvalue weighted by atomic mass is 10.2. The summed E-state index contributed by atoms with van der Waals surface area (Å²) in [5, 5.41) is 15.9. The molecule has 9 heteroatoms. The van der Waals surface area contributed by atoms with Crippen molar-refractivity contribution in [1.82, 2.24) is 9.97 Å². The molecule has 0 saturated heterocycles. The lowest BCUT2D eigenvalue weighted by Gasteiger charge is -2.11. The normalized spacial score (nSPS) is 11.1. The molecule has 1 heterocycles. The van der Waals surface area contributed by atoms with E-state index >= 15 is 0 Å². The van der Waals surface area contributed by atoms with E-state index in [0.717, 1.165) is 6.26 Å². The zero-order valence-corrected chi connectivity index (χ0v) is 14.7. The van der Waals surface area contributed by atoms with Crippen LogP contribution in [0.5, 0.6) is 5.75 Å². The largest absolute Gasteiger partial charge is 0.504 e. The van der Waals surface area contributed by atoms with Crippen LogP contribution in [0.15, 0.2) is 59.6 Å². The van der Waals surface area contributed by atoms with Gasteiger partial charge in [0, 0.05) is 18.1 Å². The van der Waals surface area contributed by atoms with Crippen LogP contribution in [0.4, 0.5) is 28.8 Å². The number of nitrogens with one attached hydrogen (secondary N) is 2. The Labute approximate surface area is 150 Å². The molecule has 5 N–H and O–H groups in total. The van der Waals surface area contributed by atoms with Gasteiger partial charge in [-0.25, -0.2) is 13.4 Å². The van der Waals surface area contributed by atoms with E-state index in [1.165, 1.54) is 18.3 Å². The number of nitrogen functional groups attached to an aromatic ring is 1. The van der Waals surface area contributed by atoms with Crippen LogP contribution in [0, 0.1) is 0 Å². The summed E-state index contributed by atoms with van der Waals surface area (Å²) in [6, 6.07) is 12.9. The van der Waals surface area contributed by atoms with Gasteiger partial charge in [-0.05, 0) is 36.4 Å². The average Bonchev–Trinajstić information content (AvgIpc) is 2.59. The van der Waals surface area contributed by atoms with E-state index in [4.69, 9.17) is 5.73 Å². The molecule has 0 aliphatic rings. The lowest BCUT2D eigenvalue weighted by Crippen LogP contribution is -2.02. The summed E-state index contributed by atoms with van der Waals surface area (Å²) in [5.74, 6) is 0.633. The predicted molar refractivity (Wildman–Crippen MR) is 101 cm³/mol. The number of anilines is 5. The van der Waals surface area contributed by atoms with Crippen molar-refractivity contribution in [2.45, 2.75) is 4.90 Å². The fourth-order valence-electron chi connectivity index (χ4n) is 2.22. The molecule has 2 aromatic carbocycles. The number of phenols is 1. The Morgan fingerprint density at radius 1 is 1.08 bits per heavy atom. The van der Waals surface area contributed by atoms with Gasteiger partial charge >= 0.3 is 0 Å². The third-order valence-corrected chi connectivity index (χ3v) is 4.61. The molecular formula is C17H17N5O3S. The fourth-order valence-corrected chi connectivity index (χ4v) is 2.89. The molecule has 134 valence electrons. The number of nitrogens with zero attached hydrogens (tertiary/aromatic N) is 2. The van der Waals surface area contributed by atoms with Gasteiger partial charge in [-0.1, -0.05) is 12.1 Å². The number of hydrogen-bond donors (Lipinski definition) is 4. The Bertz CT molecular complexity index is 1050. The summed E-state index contributed by atoms with van der Waals surface area (Å²) in [5.41, 5.74) is 6.87. The molecule has 8 nitrogen and oxygen atoms in total. The molecular weight excluding hydrogens is 354 g/mol. The monoisotopic (exact) mass is 371 g/mol. The molecule has 3 rings (SSSR count). The van der Waals surface area contributed by atoms with Gasteiger partial charge in [-0.2, -0.15) is 4.98 Å². The molecule has 0 unspecified atom stereocenters. The zero-order chi connectivity index (χ0) is 18.7. The number of benzene rings is 2. The quantitative estimate of drug-likeness (QED) is 0.398. The second kappa shape index (κ2) is 6.89. The van der Waals surface area contributed by atoms with Gasteiger partial charge in [0.25, 0.3) is 0 Å². The minimum absolute atomic E-state index is 0.0681. The highest BCUT2D eigenvalue weighted by Crippen LogP contribution is 2.31. The molecule has 0 aliphatic heterocycles. The van der Waals surface area contributed by atoms with Crippen molar-refractivity contribution in [2.75, 3.05) is 22.6 Å². The van der Waals surface area contributed by atoms with Gasteiger partial charge in [-0.15, -0.1) is 0 Å². The molecule has 26 heavy (non-hydrogen) atoms. The third kappa shape index (κ3) is 4.01. The minimum Gasteiger partial charge on any atom is -0.504 e. The molecule has 0 bridgehead atoms. The molecule has 0 radical (unpaired) electrons. The summed E-state index contributed by atoms with van der Waals surface area (Å²) in [6.45, 7) is 0. The van der Waals surface area contributed by atoms with Gasteiger partial charge in [0.05, 0.1) is 16.3 Å². The summed E-state index contributed by atoms with van der Waals surface area (Å²) in [7, 11) is -3.31. The smallest absolute Gasteiger partial charge is 0.229 e. The zero-order valence-electron chi connectivity index (χ0n) is 13.8. The molecule has 3 aromatic rings. The number of aromatic hydroxyl groups is 1. The van der Waals surface area contributed by atoms with Crippen LogP contribution in [0.3, 0.4) is 0 Å². The molecule has 0 spiro atoms. The number of rotatable bonds is 5. The van der Waals surface area contributed by atoms with Gasteiger partial charge < -0.3 is 21.5 Å². The standard InChI is InChI=1S/C17H17N5O3S/c1-26(24,25)12-5-2-4-11(10-12)20-17-19-9-8-15(22-17)21-14-7-3-6-13(18)16(14)23/h2-10,23H,18H2,1H3,(H2,19,20,21,22). The van der Waals surface area contributed by atoms with Crippen LogP contribution >= 0.6 is 0 Å². The van der Waals surface area contributed by atoms with Crippen molar-refractivity contribution in [3.05, 3.63) is 54.7 Å². The lowest BCUT2D eigenvalue weighted by molar-refractivity contribution is 0.480. The Kier molecular flexibility index (Phi) is 4.63. The molecule has 1 aromatic heterocycles. The van der Waals surface area contributed by atoms with Crippen molar-refractivity contribution in [3.8, 4) is 5.75 Å². The molecule has 0 aliphatic carbocycles. The van der Waals surface area contributed by atoms with Crippen LogP contribution in [-0.2, 0) is 9.84 Å². The van der Waals surface area contributed by atoms with Crippen molar-refractivity contribution in [1.29, 1.82) is 0 Å². The Morgan fingerprint density at radius 3 is 2.62 bits per heavy atom. The van der Waals surface area contributed by atoms with E-state index in [2.05, 4.69) is 20.6 Å². The van der Waals surface area contributed by atoms with Gasteiger partial charge in [0.2, 0.25) is 5.95 Å². The topological polar surface area (TPSA) is 130 Å². The van der Waals surface area contributed by atoms with E-state index in [9.17, 15) is 13.5 Å². The number of aromatic nitrogens is 2. The first-order valence-electron chi connectivity index (χ1n) is 7.57. The Morgan fingerprint density at radius 2 is 1.85 bits per heavy atom. The van der Waals surface area contributed by atoms with E-state index in [1.54, 1.807) is 36.4 Å². The number of phenolic OH excluding ortho intramolecular Hbond substituents is 1. The van der Waals surface area contributed by atoms with Crippen LogP contribution < -0.4 is 16.4 Å². The number of nitrogens with two attached hydrogens (primary N) is 1. The summed E-state index contributed by atoms with van der Waals surface area (Å²) >= 11 is 0. The Hall–Kier alpha value is -3.33. The third-order valence-electron chi connectivity index (χ3n) is 3.50. The van der Waals surface area contributed by atoms with Gasteiger partial charge in [0.1, 0.15) is 5.82 Å². The summed E-state index contributed by atoms with van der Waals surface area (Å²) < 4.78 is 23.3. The predicted octanol–water partition coefficient (Wildman–Crippen LogP) is 2.66. The second-order valence-electron chi connectivity index (χ2n) is 5.56. The highest BCUT2D eigenvalue weighted by atomic mass is 32.2. The summed E-state index contributed by atoms with van der Waals surface area (Å²) in [6.07, 6.45) is 2.67. The van der Waals surface area contributed by atoms with Crippen LogP contribution in [0.1, 0.15) is 0 Å². The first kappa shape index (κ1) is 17.5. The van der Waals surface area contributed by atoms with E-state index in [1.807, 2.05) is 0 Å². The SMILES string of the molecule is CS(=O)(=O)c1cccc(Nc2nccc(Nc3cccc(N)c3O)n2)c1. The number of sulfone groups is 1. The fraction of sp³-hybridized carbons (Fsp3) is 0.0588. The average molecular weight is 371 g/mol. The highest BCUT2D eigenvalue weighted by Gasteiger charge is 2.09. The number of hydrogen-bond acceptors (Lipinski definition) is 8. The number of para-hydroxylation sites is 1. The second-order valence-corrected chi connectivity index (χ2v) is 7.57. The van der Waals surface area contributed by atoms with Crippen molar-refractivity contribution < 1.29 is 13.5 Å². The molecule has 0 fully saturated rings. The van der Waals surface area contributed by atoms with E-state index in [0.29, 0.717) is 17.2 Å². The molecule has 0 atom stereocenters. The maximum absolute atomic E-state index is 11.7. The maximum atomic E-state index is 11.7. The van der Waals surface area contributed by atoms with E-state index in [-0.39, 0.29) is 22.3 Å². The summed E-state index contributed by atoms with van der Waals surface area (Å²) in [4.78, 5) is 8.60. The first-order chi connectivity index (χ1) is 12.3. The van der Waals surface area contributed by atoms with Crippen molar-refractivity contribution in [2.24, 2.45) is 0 Å². The van der Waals surface area contributed by atoms with Crippen molar-refractivity contribution >= 4 is 38.7 Å². The van der Waals surface area contributed by atoms with Gasteiger partial charge in [0.15, 0.2) is 15.6 Å². The van der Waals surface area contributed by atoms with E-state index < -0.39 is 9.84 Å². The van der Waals surface area contributed by atoms with Crippen molar-refractivity contribution in [3.63, 3.8) is 0 Å².